The van der Waals surface area contributed by atoms with Crippen LogP contribution in [0.2, 0.25) is 0 Å². The van der Waals surface area contributed by atoms with Gasteiger partial charge in [-0.2, -0.15) is 11.8 Å². The van der Waals surface area contributed by atoms with Crippen LogP contribution in [0.4, 0.5) is 5.82 Å². The summed E-state index contributed by atoms with van der Waals surface area (Å²) < 4.78 is 0. The fraction of sp³-hybridized carbons (Fsp3) is 0.667. The van der Waals surface area contributed by atoms with Gasteiger partial charge in [0.2, 0.25) is 0 Å². The van der Waals surface area contributed by atoms with Gasteiger partial charge in [-0.25, -0.2) is 9.97 Å². The van der Waals surface area contributed by atoms with Gasteiger partial charge in [0.25, 0.3) is 5.91 Å². The molecule has 2 unspecified atom stereocenters. The molecule has 1 aliphatic rings. The zero-order valence-electron chi connectivity index (χ0n) is 12.8. The second kappa shape index (κ2) is 8.22. The van der Waals surface area contributed by atoms with E-state index in [2.05, 4.69) is 34.4 Å². The number of hydrogen-bond acceptors (Lipinski definition) is 5. The highest BCUT2D eigenvalue weighted by molar-refractivity contribution is 7.99. The van der Waals surface area contributed by atoms with Crippen molar-refractivity contribution in [2.24, 2.45) is 0 Å². The summed E-state index contributed by atoms with van der Waals surface area (Å²) in [6.45, 7) is 5.11. The molecule has 0 bridgehead atoms. The van der Waals surface area contributed by atoms with E-state index < -0.39 is 0 Å². The minimum absolute atomic E-state index is 0.113. The summed E-state index contributed by atoms with van der Waals surface area (Å²) in [7, 11) is 0. The maximum Gasteiger partial charge on any atom is 0.271 e. The quantitative estimate of drug-likeness (QED) is 0.810. The summed E-state index contributed by atoms with van der Waals surface area (Å²) in [6, 6.07) is 0.266. The molecule has 2 rings (SSSR count). The molecule has 2 atom stereocenters. The number of hydrogen-bond donors (Lipinski definition) is 2. The van der Waals surface area contributed by atoms with Crippen molar-refractivity contribution < 1.29 is 4.79 Å². The van der Waals surface area contributed by atoms with E-state index in [0.29, 0.717) is 16.8 Å². The molecule has 1 amide bonds. The van der Waals surface area contributed by atoms with Crippen molar-refractivity contribution in [1.82, 2.24) is 15.3 Å². The number of rotatable bonds is 7. The van der Waals surface area contributed by atoms with Crippen LogP contribution in [-0.4, -0.2) is 39.5 Å². The zero-order valence-corrected chi connectivity index (χ0v) is 13.6. The summed E-state index contributed by atoms with van der Waals surface area (Å²) >= 11 is 1.93. The summed E-state index contributed by atoms with van der Waals surface area (Å²) in [6.07, 6.45) is 7.64. The van der Waals surface area contributed by atoms with E-state index >= 15 is 0 Å². The molecule has 1 heterocycles. The predicted octanol–water partition coefficient (Wildman–Crippen LogP) is 2.70. The summed E-state index contributed by atoms with van der Waals surface area (Å²) in [5, 5.41) is 6.80. The molecule has 0 radical (unpaired) electrons. The van der Waals surface area contributed by atoms with Crippen molar-refractivity contribution in [3.05, 3.63) is 18.1 Å². The fourth-order valence-electron chi connectivity index (χ4n) is 2.54. The molecule has 6 heteroatoms. The van der Waals surface area contributed by atoms with Gasteiger partial charge in [-0.1, -0.05) is 20.3 Å². The number of anilines is 1. The lowest BCUT2D eigenvalue weighted by atomic mass is 10.2. The number of aromatic nitrogens is 2. The van der Waals surface area contributed by atoms with Crippen LogP contribution < -0.4 is 10.6 Å². The van der Waals surface area contributed by atoms with E-state index in [4.69, 9.17) is 0 Å². The van der Waals surface area contributed by atoms with E-state index in [9.17, 15) is 4.79 Å². The summed E-state index contributed by atoms with van der Waals surface area (Å²) in [5.74, 6) is 1.70. The number of nitrogens with zero attached hydrogens (tertiary/aromatic N) is 2. The highest BCUT2D eigenvalue weighted by Gasteiger charge is 2.28. The Labute approximate surface area is 130 Å². The van der Waals surface area contributed by atoms with Gasteiger partial charge in [-0.15, -0.1) is 0 Å². The van der Waals surface area contributed by atoms with Crippen LogP contribution in [-0.2, 0) is 0 Å². The monoisotopic (exact) mass is 308 g/mol. The highest BCUT2D eigenvalue weighted by Crippen LogP contribution is 2.29. The molecule has 0 aliphatic heterocycles. The maximum atomic E-state index is 12.2. The topological polar surface area (TPSA) is 66.9 Å². The molecule has 21 heavy (non-hydrogen) atoms. The van der Waals surface area contributed by atoms with Crippen molar-refractivity contribution in [2.75, 3.05) is 17.6 Å². The standard InChI is InChI=1S/C15H24N4OS/c1-3-8-16-14-10-17-12(9-18-14)15(20)19-11-6-5-7-13(11)21-4-2/h9-11,13H,3-8H2,1-2H3,(H,16,18)(H,19,20). The van der Waals surface area contributed by atoms with Gasteiger partial charge in [0.1, 0.15) is 11.5 Å². The van der Waals surface area contributed by atoms with Crippen LogP contribution in [0, 0.1) is 0 Å². The normalized spacial score (nSPS) is 21.2. The van der Waals surface area contributed by atoms with E-state index in [1.165, 1.54) is 12.8 Å². The fourth-order valence-corrected chi connectivity index (χ4v) is 3.73. The third-order valence-electron chi connectivity index (χ3n) is 3.59. The molecule has 0 aromatic carbocycles. The minimum atomic E-state index is -0.113. The lowest BCUT2D eigenvalue weighted by Gasteiger charge is -2.19. The van der Waals surface area contributed by atoms with Crippen LogP contribution in [0.15, 0.2) is 12.4 Å². The molecule has 0 saturated heterocycles. The Hall–Kier alpha value is -1.30. The zero-order chi connectivity index (χ0) is 15.1. The first-order valence-electron chi connectivity index (χ1n) is 7.73. The smallest absolute Gasteiger partial charge is 0.271 e. The Morgan fingerprint density at radius 2 is 2.19 bits per heavy atom. The van der Waals surface area contributed by atoms with Gasteiger partial charge >= 0.3 is 0 Å². The number of thioether (sulfide) groups is 1. The van der Waals surface area contributed by atoms with E-state index in [1.807, 2.05) is 11.8 Å². The predicted molar refractivity (Wildman–Crippen MR) is 87.8 cm³/mol. The summed E-state index contributed by atoms with van der Waals surface area (Å²) in [5.41, 5.74) is 0.393. The summed E-state index contributed by atoms with van der Waals surface area (Å²) in [4.78, 5) is 20.7. The Morgan fingerprint density at radius 3 is 2.86 bits per heavy atom. The van der Waals surface area contributed by atoms with Crippen LogP contribution in [0.1, 0.15) is 50.0 Å². The average Bonchev–Trinajstić information content (AvgIpc) is 2.93. The number of carbonyl (C=O) groups is 1. The van der Waals surface area contributed by atoms with E-state index in [1.54, 1.807) is 12.4 Å². The number of nitrogens with one attached hydrogen (secondary N) is 2. The minimum Gasteiger partial charge on any atom is -0.369 e. The van der Waals surface area contributed by atoms with Crippen LogP contribution in [0.3, 0.4) is 0 Å². The molecule has 1 aromatic rings. The lowest BCUT2D eigenvalue weighted by Crippen LogP contribution is -2.39. The first-order chi connectivity index (χ1) is 10.2. The first-order valence-corrected chi connectivity index (χ1v) is 8.77. The lowest BCUT2D eigenvalue weighted by molar-refractivity contribution is 0.0933. The van der Waals surface area contributed by atoms with Gasteiger partial charge in [0.05, 0.1) is 12.4 Å². The van der Waals surface area contributed by atoms with E-state index in [0.717, 1.165) is 25.1 Å². The van der Waals surface area contributed by atoms with Gasteiger partial charge < -0.3 is 10.6 Å². The Bertz CT molecular complexity index is 451. The van der Waals surface area contributed by atoms with Crippen LogP contribution in [0.25, 0.3) is 0 Å². The van der Waals surface area contributed by atoms with Gasteiger partial charge in [-0.3, -0.25) is 4.79 Å². The Balaban J connectivity index is 1.90. The molecule has 2 N–H and O–H groups in total. The molecule has 1 aliphatic carbocycles. The second-order valence-corrected chi connectivity index (χ2v) is 6.73. The molecule has 5 nitrogen and oxygen atoms in total. The van der Waals surface area contributed by atoms with Crippen molar-refractivity contribution in [2.45, 2.75) is 50.8 Å². The SMILES string of the molecule is CCCNc1cnc(C(=O)NC2CCCC2SCC)cn1. The molecule has 1 aromatic heterocycles. The first kappa shape index (κ1) is 16.1. The van der Waals surface area contributed by atoms with E-state index in [-0.39, 0.29) is 11.9 Å². The Morgan fingerprint density at radius 1 is 1.33 bits per heavy atom. The Kier molecular flexibility index (Phi) is 6.29. The van der Waals surface area contributed by atoms with Crippen molar-refractivity contribution in [1.29, 1.82) is 0 Å². The van der Waals surface area contributed by atoms with Crippen molar-refractivity contribution in [3.8, 4) is 0 Å². The number of amides is 1. The molecule has 1 fully saturated rings. The largest absolute Gasteiger partial charge is 0.369 e. The van der Waals surface area contributed by atoms with Crippen molar-refractivity contribution in [3.63, 3.8) is 0 Å². The van der Waals surface area contributed by atoms with Gasteiger partial charge in [0, 0.05) is 17.8 Å². The average molecular weight is 308 g/mol. The molecule has 116 valence electrons. The molecule has 1 saturated carbocycles. The highest BCUT2D eigenvalue weighted by atomic mass is 32.2. The third kappa shape index (κ3) is 4.59. The van der Waals surface area contributed by atoms with Gasteiger partial charge in [-0.05, 0) is 25.0 Å². The second-order valence-electron chi connectivity index (χ2n) is 5.22. The van der Waals surface area contributed by atoms with Crippen molar-refractivity contribution >= 4 is 23.5 Å². The number of carbonyl (C=O) groups excluding carboxylic acids is 1. The molecular formula is C15H24N4OS. The maximum absolute atomic E-state index is 12.2. The van der Waals surface area contributed by atoms with Crippen LogP contribution in [0.5, 0.6) is 0 Å². The van der Waals surface area contributed by atoms with Gasteiger partial charge in [0.15, 0.2) is 0 Å². The molecule has 0 spiro atoms. The van der Waals surface area contributed by atoms with Crippen LogP contribution >= 0.6 is 11.8 Å². The third-order valence-corrected chi connectivity index (χ3v) is 4.92. The molecular weight excluding hydrogens is 284 g/mol.